The lowest BCUT2D eigenvalue weighted by Crippen LogP contribution is -2.55. The van der Waals surface area contributed by atoms with Gasteiger partial charge in [0.25, 0.3) is 16.1 Å². The Morgan fingerprint density at radius 1 is 1.02 bits per heavy atom. The van der Waals surface area contributed by atoms with Gasteiger partial charge in [-0.05, 0) is 81.3 Å². The van der Waals surface area contributed by atoms with Crippen LogP contribution in [0.1, 0.15) is 26.3 Å². The van der Waals surface area contributed by atoms with E-state index in [1.165, 1.54) is 16.4 Å². The van der Waals surface area contributed by atoms with E-state index in [9.17, 15) is 23.1 Å². The number of carboxylic acid groups (broad SMARTS) is 1. The van der Waals surface area contributed by atoms with Crippen molar-refractivity contribution in [2.45, 2.75) is 38.8 Å². The van der Waals surface area contributed by atoms with Gasteiger partial charge in [-0.1, -0.05) is 29.4 Å². The Balaban J connectivity index is 1.21. The molecule has 3 aromatic carbocycles. The van der Waals surface area contributed by atoms with E-state index < -0.39 is 39.7 Å². The standard InChI is InChI=1S/C32H35FN6O7S/c1-32(2,3)45-31(42)34-23-12-10-22(11-13-23)29-35-28(36-46-29)25-14-9-21(19-26(25)33)20-27(30(40)41)37-47(43,44)39-17-15-38(16-18-39)24-7-5-4-6-8-24/h4-14,19,27,37H,15-18,20H2,1-3H3,(H,34,42)(H,40,41). The van der Waals surface area contributed by atoms with Crippen molar-refractivity contribution in [2.75, 3.05) is 36.4 Å². The summed E-state index contributed by atoms with van der Waals surface area (Å²) in [4.78, 5) is 30.4. The normalized spacial score (nSPS) is 14.9. The van der Waals surface area contributed by atoms with E-state index in [2.05, 4.69) is 25.1 Å². The first-order valence-corrected chi connectivity index (χ1v) is 16.2. The van der Waals surface area contributed by atoms with Crippen LogP contribution in [0.4, 0.5) is 20.6 Å². The van der Waals surface area contributed by atoms with Crippen molar-refractivity contribution in [3.05, 3.63) is 84.2 Å². The molecule has 13 nitrogen and oxygen atoms in total. The Hall–Kier alpha value is -4.86. The average molecular weight is 667 g/mol. The Kier molecular flexibility index (Phi) is 9.88. The third-order valence-corrected chi connectivity index (χ3v) is 8.83. The van der Waals surface area contributed by atoms with Crippen LogP contribution in [0.2, 0.25) is 0 Å². The van der Waals surface area contributed by atoms with Crippen LogP contribution in [0.5, 0.6) is 0 Å². The molecule has 1 aromatic heterocycles. The molecular formula is C32H35FN6O7S. The fourth-order valence-electron chi connectivity index (χ4n) is 4.93. The maximum Gasteiger partial charge on any atom is 0.412 e. The summed E-state index contributed by atoms with van der Waals surface area (Å²) >= 11 is 0. The minimum atomic E-state index is -4.13. The number of rotatable bonds is 10. The number of hydrogen-bond donors (Lipinski definition) is 3. The molecule has 1 atom stereocenters. The van der Waals surface area contributed by atoms with Crippen molar-refractivity contribution >= 4 is 33.6 Å². The monoisotopic (exact) mass is 666 g/mol. The number of halogens is 1. The lowest BCUT2D eigenvalue weighted by molar-refractivity contribution is -0.138. The molecule has 1 amide bonds. The third kappa shape index (κ3) is 8.69. The Bertz CT molecular complexity index is 1820. The minimum absolute atomic E-state index is 0.00991. The average Bonchev–Trinajstić information content (AvgIpc) is 3.51. The molecule has 47 heavy (non-hydrogen) atoms. The van der Waals surface area contributed by atoms with Crippen LogP contribution in [-0.4, -0.2) is 77.9 Å². The number of aromatic nitrogens is 2. The quantitative estimate of drug-likeness (QED) is 0.219. The molecule has 5 rings (SSSR count). The fourth-order valence-corrected chi connectivity index (χ4v) is 6.27. The van der Waals surface area contributed by atoms with E-state index in [1.807, 2.05) is 30.3 Å². The van der Waals surface area contributed by atoms with Gasteiger partial charge in [-0.15, -0.1) is 0 Å². The minimum Gasteiger partial charge on any atom is -0.480 e. The molecule has 0 aliphatic carbocycles. The first-order chi connectivity index (χ1) is 22.3. The molecule has 0 bridgehead atoms. The van der Waals surface area contributed by atoms with Crippen molar-refractivity contribution in [2.24, 2.45) is 0 Å². The Labute approximate surface area is 271 Å². The van der Waals surface area contributed by atoms with Crippen LogP contribution >= 0.6 is 0 Å². The second-order valence-electron chi connectivity index (χ2n) is 11.9. The summed E-state index contributed by atoms with van der Waals surface area (Å²) in [5.41, 5.74) is 1.60. The van der Waals surface area contributed by atoms with Crippen molar-refractivity contribution < 1.29 is 36.8 Å². The van der Waals surface area contributed by atoms with Gasteiger partial charge in [0.05, 0.1) is 5.56 Å². The number of amides is 1. The summed E-state index contributed by atoms with van der Waals surface area (Å²) in [5.74, 6) is -2.06. The van der Waals surface area contributed by atoms with Gasteiger partial charge in [0.1, 0.15) is 17.5 Å². The number of aliphatic carboxylic acids is 1. The second-order valence-corrected chi connectivity index (χ2v) is 13.6. The highest BCUT2D eigenvalue weighted by Gasteiger charge is 2.32. The largest absolute Gasteiger partial charge is 0.480 e. The van der Waals surface area contributed by atoms with Gasteiger partial charge in [0, 0.05) is 43.1 Å². The summed E-state index contributed by atoms with van der Waals surface area (Å²) in [6.45, 7) is 6.53. The molecule has 1 saturated heterocycles. The molecule has 1 aliphatic rings. The summed E-state index contributed by atoms with van der Waals surface area (Å²) < 4.78 is 55.4. The number of para-hydroxylation sites is 1. The molecule has 1 aliphatic heterocycles. The van der Waals surface area contributed by atoms with Gasteiger partial charge in [-0.2, -0.15) is 22.4 Å². The number of benzene rings is 3. The van der Waals surface area contributed by atoms with Crippen molar-refractivity contribution in [1.82, 2.24) is 19.2 Å². The topological polar surface area (TPSA) is 167 Å². The lowest BCUT2D eigenvalue weighted by Gasteiger charge is -2.35. The number of nitrogens with zero attached hydrogens (tertiary/aromatic N) is 4. The maximum atomic E-state index is 15.2. The second kappa shape index (κ2) is 13.9. The molecule has 0 radical (unpaired) electrons. The van der Waals surface area contributed by atoms with Gasteiger partial charge < -0.3 is 19.3 Å². The number of carbonyl (C=O) groups excluding carboxylic acids is 1. The van der Waals surface area contributed by atoms with E-state index in [0.29, 0.717) is 24.3 Å². The van der Waals surface area contributed by atoms with Gasteiger partial charge in [0.2, 0.25) is 5.82 Å². The molecule has 2 heterocycles. The van der Waals surface area contributed by atoms with E-state index in [-0.39, 0.29) is 42.4 Å². The zero-order valence-corrected chi connectivity index (χ0v) is 26.8. The van der Waals surface area contributed by atoms with E-state index >= 15 is 4.39 Å². The highest BCUT2D eigenvalue weighted by atomic mass is 32.2. The molecule has 15 heteroatoms. The maximum absolute atomic E-state index is 15.2. The SMILES string of the molecule is CC(C)(C)OC(=O)Nc1ccc(-c2nc(-c3ccc(CC(NS(=O)(=O)N4CCN(c5ccccc5)CC4)C(=O)O)cc3F)no2)cc1. The zero-order chi connectivity index (χ0) is 33.8. The van der Waals surface area contributed by atoms with Gasteiger partial charge in [0.15, 0.2) is 0 Å². The number of anilines is 2. The summed E-state index contributed by atoms with van der Waals surface area (Å²) in [6, 6.07) is 18.6. The van der Waals surface area contributed by atoms with Crippen LogP contribution in [0.3, 0.4) is 0 Å². The molecule has 0 spiro atoms. The van der Waals surface area contributed by atoms with E-state index in [4.69, 9.17) is 9.26 Å². The predicted octanol–water partition coefficient (Wildman–Crippen LogP) is 4.54. The molecule has 1 unspecified atom stereocenters. The van der Waals surface area contributed by atoms with E-state index in [0.717, 1.165) is 11.8 Å². The number of piperazine rings is 1. The fraction of sp³-hybridized carbons (Fsp3) is 0.312. The van der Waals surface area contributed by atoms with Crippen LogP contribution in [0.15, 0.2) is 77.3 Å². The van der Waals surface area contributed by atoms with Crippen LogP contribution in [-0.2, 0) is 26.2 Å². The molecule has 248 valence electrons. The van der Waals surface area contributed by atoms with Crippen molar-refractivity contribution in [3.63, 3.8) is 0 Å². The van der Waals surface area contributed by atoms with Crippen LogP contribution in [0, 0.1) is 5.82 Å². The highest BCUT2D eigenvalue weighted by molar-refractivity contribution is 7.87. The first-order valence-electron chi connectivity index (χ1n) is 14.8. The first kappa shape index (κ1) is 33.5. The van der Waals surface area contributed by atoms with Gasteiger partial charge in [-0.25, -0.2) is 9.18 Å². The predicted molar refractivity (Wildman–Crippen MR) is 172 cm³/mol. The summed E-state index contributed by atoms with van der Waals surface area (Å²) in [7, 11) is -4.13. The van der Waals surface area contributed by atoms with Crippen LogP contribution < -0.4 is 14.9 Å². The molecule has 1 fully saturated rings. The Morgan fingerprint density at radius 3 is 2.32 bits per heavy atom. The molecular weight excluding hydrogens is 631 g/mol. The molecule has 4 aromatic rings. The summed E-state index contributed by atoms with van der Waals surface area (Å²) in [5, 5.41) is 16.3. The number of hydrogen-bond acceptors (Lipinski definition) is 9. The van der Waals surface area contributed by atoms with Crippen molar-refractivity contribution in [3.8, 4) is 22.8 Å². The number of ether oxygens (including phenoxy) is 1. The number of nitrogens with one attached hydrogen (secondary N) is 2. The van der Waals surface area contributed by atoms with Gasteiger partial charge >= 0.3 is 12.1 Å². The Morgan fingerprint density at radius 2 is 1.70 bits per heavy atom. The number of carbonyl (C=O) groups is 2. The number of carboxylic acids is 1. The smallest absolute Gasteiger partial charge is 0.412 e. The third-order valence-electron chi connectivity index (χ3n) is 7.21. The zero-order valence-electron chi connectivity index (χ0n) is 26.0. The van der Waals surface area contributed by atoms with Crippen molar-refractivity contribution in [1.29, 1.82) is 0 Å². The summed E-state index contributed by atoms with van der Waals surface area (Å²) in [6.07, 6.45) is -0.898. The molecule has 3 N–H and O–H groups in total. The lowest BCUT2D eigenvalue weighted by atomic mass is 10.0. The highest BCUT2D eigenvalue weighted by Crippen LogP contribution is 2.26. The van der Waals surface area contributed by atoms with Gasteiger partial charge in [-0.3, -0.25) is 10.1 Å². The van der Waals surface area contributed by atoms with Crippen LogP contribution in [0.25, 0.3) is 22.8 Å². The molecule has 0 saturated carbocycles. The van der Waals surface area contributed by atoms with E-state index in [1.54, 1.807) is 45.0 Å².